The van der Waals surface area contributed by atoms with Gasteiger partial charge in [-0.2, -0.15) is 4.31 Å². The number of nitrogens with zero attached hydrogens (tertiary/aromatic N) is 1. The van der Waals surface area contributed by atoms with E-state index >= 15 is 0 Å². The highest BCUT2D eigenvalue weighted by atomic mass is 32.2. The van der Waals surface area contributed by atoms with Crippen LogP contribution < -0.4 is 0 Å². The van der Waals surface area contributed by atoms with Gasteiger partial charge in [0.1, 0.15) is 6.10 Å². The topological polar surface area (TPSA) is 72.9 Å². The van der Waals surface area contributed by atoms with Gasteiger partial charge in [-0.05, 0) is 36.8 Å². The van der Waals surface area contributed by atoms with Crippen LogP contribution in [0.4, 0.5) is 0 Å². The van der Waals surface area contributed by atoms with Crippen molar-refractivity contribution in [2.45, 2.75) is 17.9 Å². The third-order valence-corrected chi connectivity index (χ3v) is 6.16. The first-order valence-electron chi connectivity index (χ1n) is 8.42. The van der Waals surface area contributed by atoms with Crippen LogP contribution in [0.5, 0.6) is 0 Å². The van der Waals surface area contributed by atoms with Gasteiger partial charge in [0.2, 0.25) is 10.0 Å². The summed E-state index contributed by atoms with van der Waals surface area (Å²) in [7, 11) is -3.57. The van der Waals surface area contributed by atoms with Gasteiger partial charge in [-0.1, -0.05) is 30.3 Å². The molecule has 2 aromatic rings. The van der Waals surface area contributed by atoms with Crippen LogP contribution in [-0.4, -0.2) is 45.0 Å². The van der Waals surface area contributed by atoms with Crippen LogP contribution in [0.2, 0.25) is 0 Å². The maximum atomic E-state index is 12.6. The van der Waals surface area contributed by atoms with Crippen molar-refractivity contribution in [1.82, 2.24) is 4.31 Å². The lowest BCUT2D eigenvalue weighted by Gasteiger charge is -2.26. The summed E-state index contributed by atoms with van der Waals surface area (Å²) in [6.45, 7) is 3.24. The maximum Gasteiger partial charge on any atom is 0.338 e. The van der Waals surface area contributed by atoms with E-state index < -0.39 is 16.0 Å². The van der Waals surface area contributed by atoms with Crippen LogP contribution >= 0.6 is 0 Å². The third-order valence-electron chi connectivity index (χ3n) is 4.25. The number of esters is 1. The number of benzene rings is 2. The second-order valence-electron chi connectivity index (χ2n) is 6.00. The molecule has 0 aliphatic carbocycles. The minimum atomic E-state index is -3.57. The summed E-state index contributed by atoms with van der Waals surface area (Å²) in [6.07, 6.45) is -0.388. The van der Waals surface area contributed by atoms with Crippen LogP contribution in [0.15, 0.2) is 59.5 Å². The van der Waals surface area contributed by atoms with E-state index in [0.717, 1.165) is 5.56 Å². The van der Waals surface area contributed by atoms with Crippen molar-refractivity contribution < 1.29 is 22.7 Å². The number of rotatable bonds is 5. The molecule has 2 aromatic carbocycles. The molecule has 1 atom stereocenters. The fraction of sp³-hybridized carbons (Fsp3) is 0.316. The second-order valence-corrected chi connectivity index (χ2v) is 7.94. The smallest absolute Gasteiger partial charge is 0.338 e. The first-order chi connectivity index (χ1) is 12.5. The summed E-state index contributed by atoms with van der Waals surface area (Å²) in [5.41, 5.74) is 1.21. The highest BCUT2D eigenvalue weighted by Gasteiger charge is 2.26. The predicted octanol–water partition coefficient (Wildman–Crippen LogP) is 2.63. The summed E-state index contributed by atoms with van der Waals surface area (Å²) in [6, 6.07) is 15.3. The Hall–Kier alpha value is -2.22. The van der Waals surface area contributed by atoms with Gasteiger partial charge in [-0.25, -0.2) is 13.2 Å². The number of carbonyl (C=O) groups is 1. The Morgan fingerprint density at radius 1 is 1.04 bits per heavy atom. The molecule has 7 heteroatoms. The van der Waals surface area contributed by atoms with Crippen molar-refractivity contribution in [3.63, 3.8) is 0 Å². The molecule has 3 rings (SSSR count). The van der Waals surface area contributed by atoms with Crippen molar-refractivity contribution in [1.29, 1.82) is 0 Å². The van der Waals surface area contributed by atoms with Gasteiger partial charge >= 0.3 is 5.97 Å². The van der Waals surface area contributed by atoms with Crippen molar-refractivity contribution in [2.24, 2.45) is 0 Å². The van der Waals surface area contributed by atoms with Gasteiger partial charge in [-0.15, -0.1) is 0 Å². The first-order valence-corrected chi connectivity index (χ1v) is 9.86. The highest BCUT2D eigenvalue weighted by molar-refractivity contribution is 7.89. The van der Waals surface area contributed by atoms with Gasteiger partial charge in [0, 0.05) is 13.1 Å². The van der Waals surface area contributed by atoms with Crippen LogP contribution in [-0.2, 0) is 19.5 Å². The van der Waals surface area contributed by atoms with E-state index in [1.165, 1.54) is 28.6 Å². The van der Waals surface area contributed by atoms with Gasteiger partial charge in [0.25, 0.3) is 0 Å². The molecule has 0 saturated carbocycles. The van der Waals surface area contributed by atoms with E-state index in [0.29, 0.717) is 31.9 Å². The summed E-state index contributed by atoms with van der Waals surface area (Å²) in [5.74, 6) is -0.489. The number of carbonyl (C=O) groups excluding carboxylic acids is 1. The molecule has 1 fully saturated rings. The normalized spacial score (nSPS) is 16.8. The van der Waals surface area contributed by atoms with E-state index in [-0.39, 0.29) is 11.0 Å². The molecule has 1 saturated heterocycles. The number of hydrogen-bond donors (Lipinski definition) is 0. The molecule has 26 heavy (non-hydrogen) atoms. The number of morpholine rings is 1. The Morgan fingerprint density at radius 2 is 1.65 bits per heavy atom. The van der Waals surface area contributed by atoms with Gasteiger partial charge in [0.15, 0.2) is 0 Å². The van der Waals surface area contributed by atoms with Gasteiger partial charge in [-0.3, -0.25) is 0 Å². The van der Waals surface area contributed by atoms with Crippen LogP contribution in [0.1, 0.15) is 28.9 Å². The first kappa shape index (κ1) is 18.6. The minimum absolute atomic E-state index is 0.159. The second kappa shape index (κ2) is 7.99. The minimum Gasteiger partial charge on any atom is -0.454 e. The Morgan fingerprint density at radius 3 is 2.27 bits per heavy atom. The zero-order valence-electron chi connectivity index (χ0n) is 14.5. The Bertz CT molecular complexity index is 843. The SMILES string of the molecule is C[C@H](OC(=O)c1ccc(S(=O)(=O)N2CCOCC2)cc1)c1ccccc1. The Balaban J connectivity index is 1.70. The molecule has 138 valence electrons. The predicted molar refractivity (Wildman–Crippen MR) is 96.3 cm³/mol. The standard InChI is InChI=1S/C19H21NO5S/c1-15(16-5-3-2-4-6-16)25-19(21)17-7-9-18(10-8-17)26(22,23)20-11-13-24-14-12-20/h2-10,15H,11-14H2,1H3/t15-/m0/s1. The lowest BCUT2D eigenvalue weighted by Crippen LogP contribution is -2.40. The summed E-state index contributed by atoms with van der Waals surface area (Å²) >= 11 is 0. The molecule has 0 N–H and O–H groups in total. The van der Waals surface area contributed by atoms with E-state index in [1.807, 2.05) is 30.3 Å². The molecular formula is C19H21NO5S. The average molecular weight is 375 g/mol. The fourth-order valence-corrected chi connectivity index (χ4v) is 4.13. The fourth-order valence-electron chi connectivity index (χ4n) is 2.72. The Labute approximate surface area is 153 Å². The lowest BCUT2D eigenvalue weighted by molar-refractivity contribution is 0.0337. The molecule has 0 aromatic heterocycles. The van der Waals surface area contributed by atoms with E-state index in [4.69, 9.17) is 9.47 Å². The van der Waals surface area contributed by atoms with Crippen molar-refractivity contribution in [3.8, 4) is 0 Å². The van der Waals surface area contributed by atoms with Crippen molar-refractivity contribution in [2.75, 3.05) is 26.3 Å². The van der Waals surface area contributed by atoms with Crippen LogP contribution in [0.25, 0.3) is 0 Å². The van der Waals surface area contributed by atoms with E-state index in [1.54, 1.807) is 6.92 Å². The molecular weight excluding hydrogens is 354 g/mol. The molecule has 6 nitrogen and oxygen atoms in total. The maximum absolute atomic E-state index is 12.6. The average Bonchev–Trinajstić information content (AvgIpc) is 2.69. The molecule has 1 aliphatic rings. The molecule has 1 heterocycles. The summed E-state index contributed by atoms with van der Waals surface area (Å²) in [5, 5.41) is 0. The van der Waals surface area contributed by atoms with Crippen molar-refractivity contribution in [3.05, 3.63) is 65.7 Å². The molecule has 0 spiro atoms. The van der Waals surface area contributed by atoms with Crippen LogP contribution in [0, 0.1) is 0 Å². The zero-order valence-corrected chi connectivity index (χ0v) is 15.3. The largest absolute Gasteiger partial charge is 0.454 e. The van der Waals surface area contributed by atoms with Gasteiger partial charge in [0.05, 0.1) is 23.7 Å². The molecule has 0 unspecified atom stereocenters. The number of ether oxygens (including phenoxy) is 2. The number of sulfonamides is 1. The monoisotopic (exact) mass is 375 g/mol. The molecule has 0 amide bonds. The zero-order chi connectivity index (χ0) is 18.6. The quantitative estimate of drug-likeness (QED) is 0.751. The Kier molecular flexibility index (Phi) is 5.70. The van der Waals surface area contributed by atoms with E-state index in [2.05, 4.69) is 0 Å². The third kappa shape index (κ3) is 4.12. The summed E-state index contributed by atoms with van der Waals surface area (Å²) in [4.78, 5) is 12.5. The van der Waals surface area contributed by atoms with Crippen molar-refractivity contribution >= 4 is 16.0 Å². The molecule has 1 aliphatic heterocycles. The summed E-state index contributed by atoms with van der Waals surface area (Å²) < 4.78 is 37.2. The highest BCUT2D eigenvalue weighted by Crippen LogP contribution is 2.21. The number of hydrogen-bond acceptors (Lipinski definition) is 5. The van der Waals surface area contributed by atoms with E-state index in [9.17, 15) is 13.2 Å². The molecule has 0 radical (unpaired) electrons. The van der Waals surface area contributed by atoms with Gasteiger partial charge < -0.3 is 9.47 Å². The lowest BCUT2D eigenvalue weighted by atomic mass is 10.1. The molecule has 0 bridgehead atoms. The van der Waals surface area contributed by atoms with Crippen LogP contribution in [0.3, 0.4) is 0 Å².